The van der Waals surface area contributed by atoms with Crippen molar-refractivity contribution in [1.82, 2.24) is 20.2 Å². The number of hydrogen-bond donors (Lipinski definition) is 1. The zero-order valence-corrected chi connectivity index (χ0v) is 11.6. The van der Waals surface area contributed by atoms with Gasteiger partial charge in [0.05, 0.1) is 7.05 Å². The van der Waals surface area contributed by atoms with Crippen LogP contribution in [0, 0.1) is 0 Å². The number of pyridine rings is 1. The minimum atomic E-state index is -5.19. The molecule has 0 bridgehead atoms. The summed E-state index contributed by atoms with van der Waals surface area (Å²) in [5, 5.41) is 29.0. The molecule has 9 nitrogen and oxygen atoms in total. The Balaban J connectivity index is 0.000000322. The van der Waals surface area contributed by atoms with E-state index in [-0.39, 0.29) is 6.54 Å². The highest BCUT2D eigenvalue weighted by Gasteiger charge is 2.28. The molecule has 23 heavy (non-hydrogen) atoms. The summed E-state index contributed by atoms with van der Waals surface area (Å²) in [4.78, 5) is 20.6. The van der Waals surface area contributed by atoms with Gasteiger partial charge in [-0.05, 0) is 5.21 Å². The van der Waals surface area contributed by atoms with Crippen molar-refractivity contribution in [1.29, 1.82) is 0 Å². The van der Waals surface area contributed by atoms with E-state index in [4.69, 9.17) is 15.0 Å². The lowest BCUT2D eigenvalue weighted by Crippen LogP contribution is -2.37. The molecule has 0 unspecified atom stereocenters. The highest BCUT2D eigenvalue weighted by atomic mass is 19.4. The lowest BCUT2D eigenvalue weighted by atomic mass is 10.2. The van der Waals surface area contributed by atoms with Gasteiger partial charge in [0.1, 0.15) is 5.97 Å². The Morgan fingerprint density at radius 2 is 1.87 bits per heavy atom. The van der Waals surface area contributed by atoms with Crippen LogP contribution in [0.3, 0.4) is 0 Å². The predicted molar refractivity (Wildman–Crippen MR) is 63.1 cm³/mol. The minimum absolute atomic E-state index is 0.0613. The van der Waals surface area contributed by atoms with Crippen molar-refractivity contribution in [2.75, 3.05) is 0 Å². The third kappa shape index (κ3) is 6.07. The molecule has 0 atom stereocenters. The van der Waals surface area contributed by atoms with Crippen molar-refractivity contribution < 1.29 is 37.5 Å². The Hall–Kier alpha value is -3.05. The van der Waals surface area contributed by atoms with E-state index in [9.17, 15) is 18.0 Å². The third-order valence-corrected chi connectivity index (χ3v) is 2.21. The van der Waals surface area contributed by atoms with Gasteiger partial charge in [0.25, 0.3) is 0 Å². The van der Waals surface area contributed by atoms with Gasteiger partial charge in [-0.15, -0.1) is 10.2 Å². The van der Waals surface area contributed by atoms with E-state index in [2.05, 4.69) is 15.4 Å². The second-order valence-electron chi connectivity index (χ2n) is 4.04. The molecule has 1 N–H and O–H groups in total. The molecule has 2 rings (SSSR count). The molecule has 2 heterocycles. The summed E-state index contributed by atoms with van der Waals surface area (Å²) < 4.78 is 33.1. The quantitative estimate of drug-likeness (QED) is 0.681. The number of nitrogens with zero attached hydrogens (tertiary/aromatic N) is 5. The van der Waals surface area contributed by atoms with Crippen LogP contribution in [0.25, 0.3) is 11.4 Å². The fourth-order valence-corrected chi connectivity index (χ4v) is 1.27. The Morgan fingerprint density at radius 3 is 2.22 bits per heavy atom. The van der Waals surface area contributed by atoms with Crippen LogP contribution in [0.4, 0.5) is 13.2 Å². The van der Waals surface area contributed by atoms with Gasteiger partial charge in [-0.3, -0.25) is 0 Å². The predicted octanol–water partition coefficient (Wildman–Crippen LogP) is -1.45. The second-order valence-corrected chi connectivity index (χ2v) is 4.04. The molecule has 0 aromatic carbocycles. The average molecular weight is 333 g/mol. The van der Waals surface area contributed by atoms with E-state index in [1.54, 1.807) is 36.1 Å². The first kappa shape index (κ1) is 18.0. The molecule has 0 aliphatic heterocycles. The monoisotopic (exact) mass is 333 g/mol. The van der Waals surface area contributed by atoms with Crippen molar-refractivity contribution in [3.63, 3.8) is 0 Å². The van der Waals surface area contributed by atoms with Crippen LogP contribution in [-0.4, -0.2) is 43.4 Å². The number of aromatic nitrogens is 5. The number of aliphatic carboxylic acids is 2. The maximum Gasteiger partial charge on any atom is 0.430 e. The van der Waals surface area contributed by atoms with E-state index in [0.29, 0.717) is 5.82 Å². The van der Waals surface area contributed by atoms with Crippen molar-refractivity contribution >= 4 is 11.9 Å². The summed E-state index contributed by atoms with van der Waals surface area (Å²) in [6, 6.07) is 3.50. The largest absolute Gasteiger partial charge is 0.542 e. The number of carbonyl (C=O) groups is 2. The van der Waals surface area contributed by atoms with E-state index in [1.165, 1.54) is 4.80 Å². The highest BCUT2D eigenvalue weighted by Crippen LogP contribution is 2.11. The third-order valence-electron chi connectivity index (χ3n) is 2.21. The van der Waals surface area contributed by atoms with Gasteiger partial charge >= 0.3 is 12.1 Å². The summed E-state index contributed by atoms with van der Waals surface area (Å²) in [5.41, 5.74) is 0.801. The minimum Gasteiger partial charge on any atom is -0.542 e. The molecule has 0 aliphatic carbocycles. The SMILES string of the molecule is Cn1nnc(-c2cc[n+](CC(=O)O)cc2)n1.O=C([O-])C(F)(F)F. The Labute approximate surface area is 126 Å². The van der Waals surface area contributed by atoms with Gasteiger partial charge in [0.15, 0.2) is 12.4 Å². The molecule has 0 amide bonds. The van der Waals surface area contributed by atoms with Crippen molar-refractivity contribution in [2.24, 2.45) is 7.05 Å². The van der Waals surface area contributed by atoms with Crippen LogP contribution in [0.5, 0.6) is 0 Å². The molecule has 2 aromatic rings. The van der Waals surface area contributed by atoms with E-state index in [0.717, 1.165) is 5.56 Å². The van der Waals surface area contributed by atoms with Crippen LogP contribution in [-0.2, 0) is 23.2 Å². The van der Waals surface area contributed by atoms with Crippen LogP contribution in [0.15, 0.2) is 24.5 Å². The molecule has 0 spiro atoms. The first-order valence-corrected chi connectivity index (χ1v) is 5.83. The maximum atomic E-state index is 10.5. The van der Waals surface area contributed by atoms with Crippen molar-refractivity contribution in [3.05, 3.63) is 24.5 Å². The van der Waals surface area contributed by atoms with Crippen molar-refractivity contribution in [2.45, 2.75) is 12.7 Å². The highest BCUT2D eigenvalue weighted by molar-refractivity contribution is 5.70. The molecule has 0 fully saturated rings. The Morgan fingerprint density at radius 1 is 1.35 bits per heavy atom. The maximum absolute atomic E-state index is 10.5. The normalized spacial score (nSPS) is 10.6. The van der Waals surface area contributed by atoms with Gasteiger partial charge in [0.2, 0.25) is 12.4 Å². The van der Waals surface area contributed by atoms with E-state index < -0.39 is 18.1 Å². The van der Waals surface area contributed by atoms with Gasteiger partial charge < -0.3 is 15.0 Å². The molecular formula is C11H10F3N5O4. The van der Waals surface area contributed by atoms with E-state index in [1.807, 2.05) is 0 Å². The molecule has 124 valence electrons. The molecule has 2 aromatic heterocycles. The summed E-state index contributed by atoms with van der Waals surface area (Å²) in [5.74, 6) is -3.37. The number of tetrazole rings is 1. The number of halogens is 3. The molecule has 12 heteroatoms. The fraction of sp³-hybridized carbons (Fsp3) is 0.273. The van der Waals surface area contributed by atoms with Crippen LogP contribution in [0.1, 0.15) is 0 Å². The van der Waals surface area contributed by atoms with E-state index >= 15 is 0 Å². The zero-order chi connectivity index (χ0) is 17.6. The second kappa shape index (κ2) is 7.29. The van der Waals surface area contributed by atoms with Gasteiger partial charge in [-0.2, -0.15) is 22.5 Å². The lowest BCUT2D eigenvalue weighted by Gasteiger charge is -2.03. The average Bonchev–Trinajstić information content (AvgIpc) is 2.85. The lowest BCUT2D eigenvalue weighted by molar-refractivity contribution is -0.685. The summed E-state index contributed by atoms with van der Waals surface area (Å²) in [6.07, 6.45) is -1.86. The van der Waals surface area contributed by atoms with Gasteiger partial charge in [-0.25, -0.2) is 4.79 Å². The summed E-state index contributed by atoms with van der Waals surface area (Å²) >= 11 is 0. The first-order valence-electron chi connectivity index (χ1n) is 5.83. The molecular weight excluding hydrogens is 323 g/mol. The number of carboxylic acid groups (broad SMARTS) is 2. The molecule has 0 radical (unpaired) electrons. The van der Waals surface area contributed by atoms with Gasteiger partial charge in [0, 0.05) is 17.7 Å². The topological polar surface area (TPSA) is 125 Å². The number of carbonyl (C=O) groups excluding carboxylic acids is 1. The van der Waals surface area contributed by atoms with Crippen LogP contribution in [0.2, 0.25) is 0 Å². The number of rotatable bonds is 3. The number of aryl methyl sites for hydroxylation is 1. The number of hydrogen-bond acceptors (Lipinski definition) is 6. The smallest absolute Gasteiger partial charge is 0.430 e. The standard InChI is InChI=1S/C9H9N5O2.C2HF3O2/c1-13-11-9(10-12-13)7-2-4-14(5-3-7)6-8(15)16;3-2(4,5)1(6)7/h2-5H,6H2,1H3;(H,6,7). The first-order chi connectivity index (χ1) is 10.6. The zero-order valence-electron chi connectivity index (χ0n) is 11.6. The van der Waals surface area contributed by atoms with Crippen LogP contribution < -0.4 is 9.67 Å². The molecule has 0 saturated carbocycles. The number of alkyl halides is 3. The van der Waals surface area contributed by atoms with Crippen LogP contribution >= 0.6 is 0 Å². The Kier molecular flexibility index (Phi) is 5.70. The number of carboxylic acids is 2. The fourth-order valence-electron chi connectivity index (χ4n) is 1.27. The Bertz CT molecular complexity index is 684. The van der Waals surface area contributed by atoms with Crippen molar-refractivity contribution in [3.8, 4) is 11.4 Å². The summed E-state index contributed by atoms with van der Waals surface area (Å²) in [7, 11) is 1.68. The molecule has 0 aliphatic rings. The molecule has 0 saturated heterocycles. The van der Waals surface area contributed by atoms with Gasteiger partial charge in [-0.1, -0.05) is 0 Å². The summed E-state index contributed by atoms with van der Waals surface area (Å²) in [6.45, 7) is -0.0613.